The Balaban J connectivity index is 3.09. The van der Waals surface area contributed by atoms with Crippen LogP contribution in [-0.2, 0) is 14.8 Å². The van der Waals surface area contributed by atoms with Gasteiger partial charge in [-0.25, -0.2) is 13.1 Å². The molecule has 1 rings (SSSR count). The van der Waals surface area contributed by atoms with E-state index in [1.54, 1.807) is 6.92 Å². The second kappa shape index (κ2) is 6.09. The first-order chi connectivity index (χ1) is 8.79. The molecule has 106 valence electrons. The summed E-state index contributed by atoms with van der Waals surface area (Å²) >= 11 is 0. The van der Waals surface area contributed by atoms with E-state index < -0.39 is 14.9 Å². The number of nitro benzene ring substituents is 1. The Morgan fingerprint density at radius 2 is 2.11 bits per heavy atom. The average Bonchev–Trinajstić information content (AvgIpc) is 2.35. The molecule has 0 saturated heterocycles. The number of nitrogens with one attached hydrogen (secondary N) is 1. The summed E-state index contributed by atoms with van der Waals surface area (Å²) in [5, 5.41) is 10.8. The highest BCUT2D eigenvalue weighted by molar-refractivity contribution is 7.89. The molecule has 0 bridgehead atoms. The number of hydrogen-bond acceptors (Lipinski definition) is 5. The molecule has 0 saturated carbocycles. The minimum atomic E-state index is -3.79. The van der Waals surface area contributed by atoms with Crippen LogP contribution >= 0.6 is 0 Å². The lowest BCUT2D eigenvalue weighted by molar-refractivity contribution is -0.385. The van der Waals surface area contributed by atoms with Gasteiger partial charge in [-0.2, -0.15) is 0 Å². The third-order valence-corrected chi connectivity index (χ3v) is 4.27. The van der Waals surface area contributed by atoms with Crippen molar-refractivity contribution in [2.24, 2.45) is 0 Å². The van der Waals surface area contributed by atoms with Crippen LogP contribution in [0.1, 0.15) is 12.5 Å². The minimum Gasteiger partial charge on any atom is -0.380 e. The Morgan fingerprint density at radius 3 is 2.63 bits per heavy atom. The molecule has 1 atom stereocenters. The van der Waals surface area contributed by atoms with E-state index in [0.29, 0.717) is 0 Å². The Morgan fingerprint density at radius 1 is 1.47 bits per heavy atom. The number of methoxy groups -OCH3 is 1. The maximum Gasteiger partial charge on any atom is 0.273 e. The van der Waals surface area contributed by atoms with Crippen LogP contribution in [0.4, 0.5) is 5.69 Å². The van der Waals surface area contributed by atoms with Crippen LogP contribution in [0.5, 0.6) is 0 Å². The van der Waals surface area contributed by atoms with Crippen LogP contribution in [0.3, 0.4) is 0 Å². The first-order valence-corrected chi connectivity index (χ1v) is 7.04. The predicted octanol–water partition coefficient (Wildman–Crippen LogP) is 1.22. The van der Waals surface area contributed by atoms with Gasteiger partial charge in [-0.05, 0) is 19.9 Å². The van der Waals surface area contributed by atoms with Crippen molar-refractivity contribution in [2.45, 2.75) is 24.8 Å². The van der Waals surface area contributed by atoms with Crippen molar-refractivity contribution >= 4 is 15.7 Å². The standard InChI is InChI=1S/C11H16N2O5S/c1-8(18-3)7-12-19(16,17)11-6-4-5-10(9(11)2)13(14)15/h4-6,8,12H,7H2,1-3H3. The summed E-state index contributed by atoms with van der Waals surface area (Å²) in [5.41, 5.74) is -0.104. The highest BCUT2D eigenvalue weighted by Crippen LogP contribution is 2.24. The summed E-state index contributed by atoms with van der Waals surface area (Å²) < 4.78 is 31.4. The van der Waals surface area contributed by atoms with Gasteiger partial charge in [-0.15, -0.1) is 0 Å². The van der Waals surface area contributed by atoms with Crippen molar-refractivity contribution < 1.29 is 18.1 Å². The van der Waals surface area contributed by atoms with E-state index in [-0.39, 0.29) is 28.8 Å². The van der Waals surface area contributed by atoms with Gasteiger partial charge >= 0.3 is 0 Å². The van der Waals surface area contributed by atoms with Gasteiger partial charge in [-0.1, -0.05) is 6.07 Å². The molecular formula is C11H16N2O5S. The highest BCUT2D eigenvalue weighted by atomic mass is 32.2. The van der Waals surface area contributed by atoms with Gasteiger partial charge in [0.15, 0.2) is 0 Å². The molecule has 0 fully saturated rings. The molecule has 1 aromatic carbocycles. The van der Waals surface area contributed by atoms with E-state index in [4.69, 9.17) is 4.74 Å². The van der Waals surface area contributed by atoms with Gasteiger partial charge < -0.3 is 4.74 Å². The van der Waals surface area contributed by atoms with E-state index in [2.05, 4.69) is 4.72 Å². The second-order valence-electron chi connectivity index (χ2n) is 4.06. The molecule has 1 aromatic rings. The smallest absolute Gasteiger partial charge is 0.273 e. The summed E-state index contributed by atoms with van der Waals surface area (Å²) in [6.07, 6.45) is -0.284. The van der Waals surface area contributed by atoms with Crippen LogP contribution in [0.15, 0.2) is 23.1 Å². The fourth-order valence-electron chi connectivity index (χ4n) is 1.48. The summed E-state index contributed by atoms with van der Waals surface area (Å²) in [7, 11) is -2.32. The molecule has 19 heavy (non-hydrogen) atoms. The number of rotatable bonds is 6. The number of sulfonamides is 1. The topological polar surface area (TPSA) is 98.5 Å². The number of nitrogens with zero attached hydrogens (tertiary/aromatic N) is 1. The molecular weight excluding hydrogens is 272 g/mol. The van der Waals surface area contributed by atoms with Crippen LogP contribution < -0.4 is 4.72 Å². The Kier molecular flexibility index (Phi) is 4.98. The molecule has 0 aliphatic rings. The SMILES string of the molecule is COC(C)CNS(=O)(=O)c1cccc([N+](=O)[O-])c1C. The summed E-state index contributed by atoms with van der Waals surface area (Å²) in [6.45, 7) is 3.22. The third-order valence-electron chi connectivity index (χ3n) is 2.70. The number of ether oxygens (including phenoxy) is 1. The van der Waals surface area contributed by atoms with Crippen LogP contribution in [-0.4, -0.2) is 33.1 Å². The Labute approximate surface area is 111 Å². The number of nitro groups is 1. The molecule has 0 radical (unpaired) electrons. The molecule has 8 heteroatoms. The molecule has 0 aliphatic heterocycles. The molecule has 0 amide bonds. The van der Waals surface area contributed by atoms with Gasteiger partial charge in [-0.3, -0.25) is 10.1 Å². The van der Waals surface area contributed by atoms with Crippen molar-refractivity contribution in [3.05, 3.63) is 33.9 Å². The average molecular weight is 288 g/mol. The van der Waals surface area contributed by atoms with Crippen molar-refractivity contribution in [1.29, 1.82) is 0 Å². The largest absolute Gasteiger partial charge is 0.380 e. The van der Waals surface area contributed by atoms with E-state index >= 15 is 0 Å². The van der Waals surface area contributed by atoms with Crippen molar-refractivity contribution in [3.8, 4) is 0 Å². The maximum atomic E-state index is 12.1. The lowest BCUT2D eigenvalue weighted by Gasteiger charge is -2.12. The van der Waals surface area contributed by atoms with E-state index in [0.717, 1.165) is 0 Å². The van der Waals surface area contributed by atoms with E-state index in [9.17, 15) is 18.5 Å². The zero-order chi connectivity index (χ0) is 14.6. The van der Waals surface area contributed by atoms with Gasteiger partial charge in [0.05, 0.1) is 15.9 Å². The zero-order valence-electron chi connectivity index (χ0n) is 10.9. The van der Waals surface area contributed by atoms with Gasteiger partial charge in [0, 0.05) is 25.3 Å². The first kappa shape index (κ1) is 15.5. The Bertz CT molecular complexity index is 570. The molecule has 1 N–H and O–H groups in total. The quantitative estimate of drug-likeness (QED) is 0.626. The molecule has 0 aromatic heterocycles. The summed E-state index contributed by atoms with van der Waals surface area (Å²) in [4.78, 5) is 10.1. The number of benzene rings is 1. The van der Waals surface area contributed by atoms with E-state index in [1.807, 2.05) is 0 Å². The molecule has 0 spiro atoms. The van der Waals surface area contributed by atoms with Crippen molar-refractivity contribution in [1.82, 2.24) is 4.72 Å². The Hall–Kier alpha value is -1.51. The predicted molar refractivity (Wildman–Crippen MR) is 69.5 cm³/mol. The molecule has 1 unspecified atom stereocenters. The zero-order valence-corrected chi connectivity index (χ0v) is 11.7. The molecule has 7 nitrogen and oxygen atoms in total. The van der Waals surface area contributed by atoms with Crippen molar-refractivity contribution in [3.63, 3.8) is 0 Å². The van der Waals surface area contributed by atoms with Crippen LogP contribution in [0, 0.1) is 17.0 Å². The summed E-state index contributed by atoms with van der Waals surface area (Å²) in [6, 6.07) is 3.95. The van der Waals surface area contributed by atoms with Gasteiger partial charge in [0.25, 0.3) is 5.69 Å². The van der Waals surface area contributed by atoms with Gasteiger partial charge in [0.1, 0.15) is 0 Å². The van der Waals surface area contributed by atoms with Crippen molar-refractivity contribution in [2.75, 3.05) is 13.7 Å². The molecule has 0 aliphatic carbocycles. The third kappa shape index (κ3) is 3.72. The second-order valence-corrected chi connectivity index (χ2v) is 5.79. The monoisotopic (exact) mass is 288 g/mol. The highest BCUT2D eigenvalue weighted by Gasteiger charge is 2.22. The fraction of sp³-hybridized carbons (Fsp3) is 0.455. The van der Waals surface area contributed by atoms with Crippen LogP contribution in [0.25, 0.3) is 0 Å². The maximum absolute atomic E-state index is 12.1. The fourth-order valence-corrected chi connectivity index (χ4v) is 2.85. The van der Waals surface area contributed by atoms with Crippen LogP contribution in [0.2, 0.25) is 0 Å². The van der Waals surface area contributed by atoms with E-state index in [1.165, 1.54) is 32.2 Å². The number of hydrogen-bond donors (Lipinski definition) is 1. The lowest BCUT2D eigenvalue weighted by atomic mass is 10.2. The van der Waals surface area contributed by atoms with Gasteiger partial charge in [0.2, 0.25) is 10.0 Å². The first-order valence-electron chi connectivity index (χ1n) is 5.56. The summed E-state index contributed by atoms with van der Waals surface area (Å²) in [5.74, 6) is 0. The minimum absolute atomic E-state index is 0.0926. The normalized spacial score (nSPS) is 13.2. The molecule has 0 heterocycles. The lowest BCUT2D eigenvalue weighted by Crippen LogP contribution is -2.32.